The first-order valence-electron chi connectivity index (χ1n) is 7.75. The molecule has 3 N–H and O–H groups in total. The topological polar surface area (TPSA) is 53.6 Å². The third-order valence-electron chi connectivity index (χ3n) is 4.26. The van der Waals surface area contributed by atoms with Crippen LogP contribution in [0.1, 0.15) is 45.4 Å². The Kier molecular flexibility index (Phi) is 8.52. The molecule has 1 atom stereocenters. The van der Waals surface area contributed by atoms with Gasteiger partial charge in [0.2, 0.25) is 0 Å². The van der Waals surface area contributed by atoms with Crippen LogP contribution < -0.4 is 11.1 Å². The van der Waals surface area contributed by atoms with Gasteiger partial charge in [-0.15, -0.1) is 24.0 Å². The molecule has 0 spiro atoms. The summed E-state index contributed by atoms with van der Waals surface area (Å²) >= 11 is 0. The summed E-state index contributed by atoms with van der Waals surface area (Å²) in [6.45, 7) is 6.33. The highest BCUT2D eigenvalue weighted by atomic mass is 127. The van der Waals surface area contributed by atoms with Gasteiger partial charge in [-0.05, 0) is 51.6 Å². The van der Waals surface area contributed by atoms with Crippen molar-refractivity contribution in [3.8, 4) is 0 Å². The van der Waals surface area contributed by atoms with Gasteiger partial charge in [0, 0.05) is 12.6 Å². The Labute approximate surface area is 140 Å². The third kappa shape index (κ3) is 5.60. The average Bonchev–Trinajstić information content (AvgIpc) is 3.07. The molecule has 0 radical (unpaired) electrons. The van der Waals surface area contributed by atoms with E-state index in [1.165, 1.54) is 38.6 Å². The van der Waals surface area contributed by atoms with E-state index < -0.39 is 0 Å². The number of likely N-dealkylation sites (N-methyl/N-ethyl adjacent to an activating group) is 1. The van der Waals surface area contributed by atoms with Crippen LogP contribution in [0.2, 0.25) is 0 Å². The standard InChI is InChI=1S/C15H28N4.HI/c1-2-19-11-5-8-14(19)12-18-15(16)17-10-9-13-6-3-4-7-13;/h6,14H,2-5,7-12H2,1H3,(H3,16,17,18);1H. The van der Waals surface area contributed by atoms with Crippen LogP contribution in [0.25, 0.3) is 0 Å². The lowest BCUT2D eigenvalue weighted by molar-refractivity contribution is 0.273. The lowest BCUT2D eigenvalue weighted by atomic mass is 10.2. The Hall–Kier alpha value is -0.300. The maximum Gasteiger partial charge on any atom is 0.188 e. The Morgan fingerprint density at radius 2 is 2.35 bits per heavy atom. The number of likely N-dealkylation sites (tertiary alicyclic amines) is 1. The fraction of sp³-hybridized carbons (Fsp3) is 0.800. The number of rotatable bonds is 6. The van der Waals surface area contributed by atoms with Crippen LogP contribution in [0.3, 0.4) is 0 Å². The van der Waals surface area contributed by atoms with Crippen LogP contribution >= 0.6 is 24.0 Å². The Morgan fingerprint density at radius 1 is 1.50 bits per heavy atom. The summed E-state index contributed by atoms with van der Waals surface area (Å²) in [4.78, 5) is 6.99. The van der Waals surface area contributed by atoms with Gasteiger partial charge in [0.15, 0.2) is 5.96 Å². The minimum Gasteiger partial charge on any atom is -0.370 e. The van der Waals surface area contributed by atoms with Crippen molar-refractivity contribution >= 4 is 29.9 Å². The van der Waals surface area contributed by atoms with Crippen molar-refractivity contribution in [2.24, 2.45) is 10.7 Å². The van der Waals surface area contributed by atoms with E-state index in [9.17, 15) is 0 Å². The molecule has 1 unspecified atom stereocenters. The van der Waals surface area contributed by atoms with Crippen LogP contribution in [0.5, 0.6) is 0 Å². The Morgan fingerprint density at radius 3 is 3.05 bits per heavy atom. The maximum absolute atomic E-state index is 5.92. The number of hydrogen-bond acceptors (Lipinski definition) is 2. The minimum absolute atomic E-state index is 0. The highest BCUT2D eigenvalue weighted by Crippen LogP contribution is 2.19. The number of aliphatic imine (C=N–C) groups is 1. The van der Waals surface area contributed by atoms with Gasteiger partial charge < -0.3 is 11.1 Å². The van der Waals surface area contributed by atoms with E-state index in [0.29, 0.717) is 12.0 Å². The molecule has 0 bridgehead atoms. The lowest BCUT2D eigenvalue weighted by Gasteiger charge is -2.20. The molecular weight excluding hydrogens is 363 g/mol. The van der Waals surface area contributed by atoms with E-state index in [-0.39, 0.29) is 24.0 Å². The smallest absolute Gasteiger partial charge is 0.188 e. The van der Waals surface area contributed by atoms with Crippen molar-refractivity contribution in [3.05, 3.63) is 11.6 Å². The van der Waals surface area contributed by atoms with Gasteiger partial charge in [0.05, 0.1) is 6.54 Å². The van der Waals surface area contributed by atoms with Gasteiger partial charge >= 0.3 is 0 Å². The van der Waals surface area contributed by atoms with Crippen molar-refractivity contribution in [1.82, 2.24) is 10.2 Å². The zero-order valence-corrected chi connectivity index (χ0v) is 14.9. The quantitative estimate of drug-likeness (QED) is 0.316. The number of nitrogens with two attached hydrogens (primary N) is 1. The highest BCUT2D eigenvalue weighted by molar-refractivity contribution is 14.0. The molecule has 2 rings (SSSR count). The fourth-order valence-corrected chi connectivity index (χ4v) is 3.09. The van der Waals surface area contributed by atoms with Crippen molar-refractivity contribution < 1.29 is 0 Å². The lowest BCUT2D eigenvalue weighted by Crippen LogP contribution is -2.36. The minimum atomic E-state index is 0. The first-order chi connectivity index (χ1) is 9.29. The van der Waals surface area contributed by atoms with Crippen LogP contribution in [-0.2, 0) is 0 Å². The summed E-state index contributed by atoms with van der Waals surface area (Å²) < 4.78 is 0. The zero-order valence-electron chi connectivity index (χ0n) is 12.6. The van der Waals surface area contributed by atoms with Crippen LogP contribution in [-0.4, -0.2) is 43.1 Å². The average molecular weight is 392 g/mol. The molecule has 1 fully saturated rings. The second-order valence-corrected chi connectivity index (χ2v) is 5.58. The summed E-state index contributed by atoms with van der Waals surface area (Å²) in [6.07, 6.45) is 9.90. The van der Waals surface area contributed by atoms with Gasteiger partial charge in [0.25, 0.3) is 0 Å². The first kappa shape index (κ1) is 17.8. The van der Waals surface area contributed by atoms with E-state index in [4.69, 9.17) is 5.73 Å². The van der Waals surface area contributed by atoms with Gasteiger partial charge in [-0.25, -0.2) is 0 Å². The summed E-state index contributed by atoms with van der Waals surface area (Å²) in [5, 5.41) is 3.23. The number of nitrogens with zero attached hydrogens (tertiary/aromatic N) is 2. The number of hydrogen-bond donors (Lipinski definition) is 2. The molecule has 0 amide bonds. The summed E-state index contributed by atoms with van der Waals surface area (Å²) in [7, 11) is 0. The highest BCUT2D eigenvalue weighted by Gasteiger charge is 2.22. The second-order valence-electron chi connectivity index (χ2n) is 5.58. The normalized spacial score (nSPS) is 23.6. The van der Waals surface area contributed by atoms with Gasteiger partial charge in [-0.1, -0.05) is 18.6 Å². The predicted octanol–water partition coefficient (Wildman–Crippen LogP) is 2.49. The summed E-state index contributed by atoms with van der Waals surface area (Å²) in [5.41, 5.74) is 7.50. The molecule has 4 nitrogen and oxygen atoms in total. The van der Waals surface area contributed by atoms with E-state index in [1.807, 2.05) is 0 Å². The third-order valence-corrected chi connectivity index (χ3v) is 4.26. The molecule has 116 valence electrons. The van der Waals surface area contributed by atoms with Gasteiger partial charge in [0.1, 0.15) is 0 Å². The Bertz CT molecular complexity index is 341. The van der Waals surface area contributed by atoms with E-state index in [2.05, 4.69) is 28.2 Å². The summed E-state index contributed by atoms with van der Waals surface area (Å²) in [6, 6.07) is 0.600. The zero-order chi connectivity index (χ0) is 13.5. The fourth-order valence-electron chi connectivity index (χ4n) is 3.09. The number of allylic oxidation sites excluding steroid dienone is 1. The van der Waals surface area contributed by atoms with Gasteiger partial charge in [-0.2, -0.15) is 0 Å². The molecule has 20 heavy (non-hydrogen) atoms. The van der Waals surface area contributed by atoms with Crippen LogP contribution in [0.15, 0.2) is 16.6 Å². The van der Waals surface area contributed by atoms with Crippen molar-refractivity contribution in [2.75, 3.05) is 26.2 Å². The van der Waals surface area contributed by atoms with E-state index in [1.54, 1.807) is 5.57 Å². The van der Waals surface area contributed by atoms with Crippen molar-refractivity contribution in [1.29, 1.82) is 0 Å². The second kappa shape index (κ2) is 9.60. The number of nitrogens with one attached hydrogen (secondary N) is 1. The molecule has 1 saturated heterocycles. The molecule has 0 aromatic heterocycles. The summed E-state index contributed by atoms with van der Waals surface area (Å²) in [5.74, 6) is 0.613. The largest absolute Gasteiger partial charge is 0.370 e. The monoisotopic (exact) mass is 392 g/mol. The van der Waals surface area contributed by atoms with Crippen LogP contribution in [0.4, 0.5) is 0 Å². The first-order valence-corrected chi connectivity index (χ1v) is 7.75. The predicted molar refractivity (Wildman–Crippen MR) is 96.7 cm³/mol. The molecule has 0 aromatic rings. The SMILES string of the molecule is CCN1CCCC1CN=C(N)NCCC1=CCCC1.I. The number of halogens is 1. The Balaban J connectivity index is 0.00000200. The van der Waals surface area contributed by atoms with Crippen molar-refractivity contribution in [2.45, 2.75) is 51.5 Å². The van der Waals surface area contributed by atoms with E-state index in [0.717, 1.165) is 26.1 Å². The molecule has 1 aliphatic carbocycles. The maximum atomic E-state index is 5.92. The molecule has 2 aliphatic rings. The molecule has 1 aliphatic heterocycles. The molecule has 0 saturated carbocycles. The molecule has 0 aromatic carbocycles. The van der Waals surface area contributed by atoms with Gasteiger partial charge in [-0.3, -0.25) is 9.89 Å². The molecular formula is C15H29IN4. The molecule has 5 heteroatoms. The van der Waals surface area contributed by atoms with Crippen LogP contribution in [0, 0.1) is 0 Å². The van der Waals surface area contributed by atoms with E-state index >= 15 is 0 Å². The van der Waals surface area contributed by atoms with Crippen molar-refractivity contribution in [3.63, 3.8) is 0 Å². The number of guanidine groups is 1. The molecule has 1 heterocycles.